The van der Waals surface area contributed by atoms with Gasteiger partial charge in [0.25, 0.3) is 0 Å². The molecule has 2 unspecified atom stereocenters. The second kappa shape index (κ2) is 5.23. The van der Waals surface area contributed by atoms with Gasteiger partial charge >= 0.3 is 0 Å². The Morgan fingerprint density at radius 3 is 2.44 bits per heavy atom. The van der Waals surface area contributed by atoms with Crippen LogP contribution in [0.5, 0.6) is 0 Å². The van der Waals surface area contributed by atoms with Crippen molar-refractivity contribution < 1.29 is 14.0 Å². The van der Waals surface area contributed by atoms with Crippen molar-refractivity contribution in [1.82, 2.24) is 0 Å². The van der Waals surface area contributed by atoms with E-state index in [-0.39, 0.29) is 6.54 Å². The van der Waals surface area contributed by atoms with Gasteiger partial charge in [-0.25, -0.2) is 0 Å². The minimum atomic E-state index is -3.14. The Labute approximate surface area is 94.0 Å². The summed E-state index contributed by atoms with van der Waals surface area (Å²) in [5.74, 6) is 0. The first-order chi connectivity index (χ1) is 7.50. The zero-order valence-electron chi connectivity index (χ0n) is 9.20. The van der Waals surface area contributed by atoms with Crippen molar-refractivity contribution in [2.75, 3.05) is 13.7 Å². The molecule has 1 aromatic carbocycles. The van der Waals surface area contributed by atoms with Gasteiger partial charge in [0.05, 0.1) is 0 Å². The first-order valence-corrected chi connectivity index (χ1v) is 6.53. The molecule has 2 atom stereocenters. The number of nitro groups is 1. The zero-order chi connectivity index (χ0) is 12.2. The minimum Gasteiger partial charge on any atom is -0.328 e. The van der Waals surface area contributed by atoms with Crippen LogP contribution in [0.25, 0.3) is 0 Å². The van der Waals surface area contributed by atoms with Crippen molar-refractivity contribution in [1.29, 1.82) is 0 Å². The molecule has 0 aromatic heterocycles. The lowest BCUT2D eigenvalue weighted by molar-refractivity contribution is -0.479. The predicted molar refractivity (Wildman–Crippen MR) is 62.0 cm³/mol. The highest BCUT2D eigenvalue weighted by molar-refractivity contribution is 7.67. The monoisotopic (exact) mass is 243 g/mol. The molecule has 0 amide bonds. The Hall–Kier alpha value is -1.19. The van der Waals surface area contributed by atoms with Gasteiger partial charge in [-0.2, -0.15) is 0 Å². The maximum absolute atomic E-state index is 12.5. The lowest BCUT2D eigenvalue weighted by Crippen LogP contribution is -2.23. The Morgan fingerprint density at radius 1 is 1.44 bits per heavy atom. The van der Waals surface area contributed by atoms with E-state index in [1.807, 2.05) is 0 Å². The van der Waals surface area contributed by atoms with Crippen LogP contribution in [0.3, 0.4) is 0 Å². The SMILES string of the molecule is COP(=O)(c1ccccc1)C(C)C[N+](=O)[O-]. The van der Waals surface area contributed by atoms with Gasteiger partial charge in [0.1, 0.15) is 5.66 Å². The minimum absolute atomic E-state index is 0.361. The first kappa shape index (κ1) is 12.9. The molecule has 0 bridgehead atoms. The van der Waals surface area contributed by atoms with Crippen molar-refractivity contribution >= 4 is 12.7 Å². The van der Waals surface area contributed by atoms with E-state index in [0.29, 0.717) is 5.30 Å². The second-order valence-corrected chi connectivity index (χ2v) is 6.44. The summed E-state index contributed by atoms with van der Waals surface area (Å²) in [5.41, 5.74) is -0.630. The fourth-order valence-corrected chi connectivity index (χ4v) is 3.51. The van der Waals surface area contributed by atoms with Crippen LogP contribution in [0.4, 0.5) is 0 Å². The molecular weight excluding hydrogens is 229 g/mol. The zero-order valence-corrected chi connectivity index (χ0v) is 10.1. The van der Waals surface area contributed by atoms with Gasteiger partial charge < -0.3 is 4.52 Å². The smallest absolute Gasteiger partial charge is 0.241 e. The van der Waals surface area contributed by atoms with Crippen molar-refractivity contribution in [3.05, 3.63) is 40.4 Å². The molecule has 0 aliphatic rings. The Bertz CT molecular complexity index is 407. The summed E-state index contributed by atoms with van der Waals surface area (Å²) in [6, 6.07) is 8.60. The fraction of sp³-hybridized carbons (Fsp3) is 0.400. The molecule has 88 valence electrons. The van der Waals surface area contributed by atoms with Crippen LogP contribution >= 0.6 is 7.37 Å². The maximum Gasteiger partial charge on any atom is 0.241 e. The van der Waals surface area contributed by atoms with E-state index >= 15 is 0 Å². The van der Waals surface area contributed by atoms with Gasteiger partial charge in [-0.05, 0) is 19.1 Å². The van der Waals surface area contributed by atoms with Crippen LogP contribution in [0.15, 0.2) is 30.3 Å². The number of nitrogens with zero attached hydrogens (tertiary/aromatic N) is 1. The van der Waals surface area contributed by atoms with E-state index in [9.17, 15) is 14.7 Å². The summed E-state index contributed by atoms with van der Waals surface area (Å²) >= 11 is 0. The predicted octanol–water partition coefficient (Wildman–Crippen LogP) is 1.90. The standard InChI is InChI=1S/C10H14NO4P/c1-9(8-11(12)13)16(14,15-2)10-6-4-3-5-7-10/h3-7,9H,8H2,1-2H3. The van der Waals surface area contributed by atoms with Crippen molar-refractivity contribution in [2.24, 2.45) is 0 Å². The number of hydrogen-bond acceptors (Lipinski definition) is 4. The second-order valence-electron chi connectivity index (χ2n) is 3.48. The van der Waals surface area contributed by atoms with Crippen LogP contribution in [-0.2, 0) is 9.09 Å². The lowest BCUT2D eigenvalue weighted by Gasteiger charge is -2.20. The third-order valence-electron chi connectivity index (χ3n) is 2.38. The molecule has 0 spiro atoms. The molecule has 0 saturated carbocycles. The highest BCUT2D eigenvalue weighted by atomic mass is 31.2. The third kappa shape index (κ3) is 2.68. The van der Waals surface area contributed by atoms with E-state index in [1.165, 1.54) is 7.11 Å². The Morgan fingerprint density at radius 2 is 2.00 bits per heavy atom. The summed E-state index contributed by atoms with van der Waals surface area (Å²) in [6.07, 6.45) is 0. The maximum atomic E-state index is 12.5. The van der Waals surface area contributed by atoms with E-state index in [4.69, 9.17) is 4.52 Å². The van der Waals surface area contributed by atoms with Crippen LogP contribution in [-0.4, -0.2) is 24.2 Å². The van der Waals surface area contributed by atoms with E-state index < -0.39 is 18.0 Å². The fourth-order valence-electron chi connectivity index (χ4n) is 1.50. The summed E-state index contributed by atoms with van der Waals surface area (Å²) in [5, 5.41) is 11.0. The van der Waals surface area contributed by atoms with Crippen molar-refractivity contribution in [2.45, 2.75) is 12.6 Å². The topological polar surface area (TPSA) is 69.4 Å². The summed E-state index contributed by atoms with van der Waals surface area (Å²) in [4.78, 5) is 9.96. The first-order valence-electron chi connectivity index (χ1n) is 4.83. The lowest BCUT2D eigenvalue weighted by atomic mass is 10.4. The Balaban J connectivity index is 3.03. The molecule has 0 heterocycles. The number of benzene rings is 1. The highest BCUT2D eigenvalue weighted by Gasteiger charge is 2.35. The largest absolute Gasteiger partial charge is 0.328 e. The molecule has 1 aromatic rings. The molecule has 5 nitrogen and oxygen atoms in total. The number of rotatable bonds is 5. The summed E-state index contributed by atoms with van der Waals surface area (Å²) in [6.45, 7) is 1.21. The van der Waals surface area contributed by atoms with Crippen LogP contribution in [0.2, 0.25) is 0 Å². The average Bonchev–Trinajstić information content (AvgIpc) is 2.28. The molecule has 0 radical (unpaired) electrons. The van der Waals surface area contributed by atoms with Crippen LogP contribution in [0.1, 0.15) is 6.92 Å². The molecule has 1 rings (SSSR count). The molecule has 0 fully saturated rings. The third-order valence-corrected chi connectivity index (χ3v) is 5.27. The molecule has 0 aliphatic carbocycles. The van der Waals surface area contributed by atoms with Gasteiger partial charge in [0.2, 0.25) is 13.9 Å². The number of hydrogen-bond donors (Lipinski definition) is 0. The van der Waals surface area contributed by atoms with Crippen molar-refractivity contribution in [3.8, 4) is 0 Å². The van der Waals surface area contributed by atoms with Gasteiger partial charge in [-0.15, -0.1) is 0 Å². The highest BCUT2D eigenvalue weighted by Crippen LogP contribution is 2.49. The molecular formula is C10H14NO4P. The summed E-state index contributed by atoms with van der Waals surface area (Å²) in [7, 11) is -1.82. The normalized spacial score (nSPS) is 16.4. The van der Waals surface area contributed by atoms with Gasteiger partial charge in [0.15, 0.2) is 0 Å². The van der Waals surface area contributed by atoms with Gasteiger partial charge in [-0.1, -0.05) is 18.2 Å². The van der Waals surface area contributed by atoms with Crippen LogP contribution < -0.4 is 5.30 Å². The molecule has 0 aliphatic heterocycles. The van der Waals surface area contributed by atoms with Crippen LogP contribution in [0, 0.1) is 10.1 Å². The molecule has 0 saturated heterocycles. The van der Waals surface area contributed by atoms with E-state index in [1.54, 1.807) is 37.3 Å². The molecule has 0 N–H and O–H groups in total. The summed E-state index contributed by atoms with van der Waals surface area (Å²) < 4.78 is 17.5. The quantitative estimate of drug-likeness (QED) is 0.450. The molecule has 6 heteroatoms. The molecule has 16 heavy (non-hydrogen) atoms. The van der Waals surface area contributed by atoms with E-state index in [2.05, 4.69) is 0 Å². The Kier molecular flexibility index (Phi) is 4.21. The van der Waals surface area contributed by atoms with Crippen molar-refractivity contribution in [3.63, 3.8) is 0 Å². The van der Waals surface area contributed by atoms with Gasteiger partial charge in [-0.3, -0.25) is 14.7 Å². The average molecular weight is 243 g/mol. The van der Waals surface area contributed by atoms with E-state index in [0.717, 1.165) is 0 Å². The van der Waals surface area contributed by atoms with Gasteiger partial charge in [0, 0.05) is 17.3 Å².